The lowest BCUT2D eigenvalue weighted by atomic mass is 10.1. The number of nitrogens with zero attached hydrogens (tertiary/aromatic N) is 5. The Hall–Kier alpha value is -3.73. The summed E-state index contributed by atoms with van der Waals surface area (Å²) in [7, 11) is 0. The van der Waals surface area contributed by atoms with Crippen LogP contribution in [0.3, 0.4) is 0 Å². The van der Waals surface area contributed by atoms with Crippen LogP contribution in [0.15, 0.2) is 40.7 Å². The average molecular weight is 419 g/mol. The largest absolute Gasteiger partial charge is 0.349 e. The fraction of sp³-hybridized carbons (Fsp3) is 0.348. The predicted molar refractivity (Wildman–Crippen MR) is 116 cm³/mol. The highest BCUT2D eigenvalue weighted by Crippen LogP contribution is 2.20. The van der Waals surface area contributed by atoms with Crippen molar-refractivity contribution in [1.82, 2.24) is 25.0 Å². The van der Waals surface area contributed by atoms with Crippen LogP contribution in [-0.2, 0) is 17.9 Å². The Bertz CT molecular complexity index is 1120. The first-order valence-corrected chi connectivity index (χ1v) is 10.2. The number of aromatic nitrogens is 4. The average Bonchev–Trinajstić information content (AvgIpc) is 3.34. The number of hydrogen-bond acceptors (Lipinski definition) is 6. The molecule has 0 spiro atoms. The fourth-order valence-corrected chi connectivity index (χ4v) is 3.21. The molecule has 0 atom stereocenters. The Balaban J connectivity index is 1.68. The lowest BCUT2D eigenvalue weighted by molar-refractivity contribution is -0.117. The van der Waals surface area contributed by atoms with Gasteiger partial charge in [-0.15, -0.1) is 0 Å². The van der Waals surface area contributed by atoms with Crippen LogP contribution >= 0.6 is 0 Å². The topological polar surface area (TPSA) is 110 Å². The van der Waals surface area contributed by atoms with Gasteiger partial charge in [-0.25, -0.2) is 0 Å². The molecule has 8 nitrogen and oxygen atoms in total. The molecule has 8 heteroatoms. The normalized spacial score (nSPS) is 11.5. The van der Waals surface area contributed by atoms with Gasteiger partial charge in [-0.3, -0.25) is 9.78 Å². The van der Waals surface area contributed by atoms with E-state index in [0.717, 1.165) is 35.5 Å². The summed E-state index contributed by atoms with van der Waals surface area (Å²) in [6, 6.07) is 7.52. The summed E-state index contributed by atoms with van der Waals surface area (Å²) in [5.41, 5.74) is 3.81. The second-order valence-corrected chi connectivity index (χ2v) is 7.76. The molecule has 0 unspecified atom stereocenters. The van der Waals surface area contributed by atoms with E-state index in [-0.39, 0.29) is 18.0 Å². The standard InChI is InChI=1S/C23H26N6O2/c1-15(2)7-10-29-16(3)11-19(17(29)4)12-20(13-24)23(30)26-14-21-27-22(28-31-21)18-5-8-25-9-6-18/h5-6,8-9,11-12,15H,7,10,14H2,1-4H3,(H,26,30)/b20-12-. The molecular weight excluding hydrogens is 392 g/mol. The Labute approximate surface area is 181 Å². The van der Waals surface area contributed by atoms with Crippen molar-refractivity contribution in [2.75, 3.05) is 0 Å². The number of aryl methyl sites for hydroxylation is 1. The maximum atomic E-state index is 12.5. The van der Waals surface area contributed by atoms with E-state index in [4.69, 9.17) is 4.52 Å². The van der Waals surface area contributed by atoms with Gasteiger partial charge >= 0.3 is 0 Å². The van der Waals surface area contributed by atoms with E-state index in [9.17, 15) is 10.1 Å². The maximum absolute atomic E-state index is 12.5. The van der Waals surface area contributed by atoms with Crippen molar-refractivity contribution in [3.63, 3.8) is 0 Å². The van der Waals surface area contributed by atoms with Crippen molar-refractivity contribution >= 4 is 12.0 Å². The monoisotopic (exact) mass is 418 g/mol. The van der Waals surface area contributed by atoms with Crippen molar-refractivity contribution in [3.8, 4) is 17.5 Å². The van der Waals surface area contributed by atoms with Gasteiger partial charge in [0.2, 0.25) is 11.7 Å². The van der Waals surface area contributed by atoms with E-state index in [0.29, 0.717) is 11.7 Å². The number of rotatable bonds is 8. The number of hydrogen-bond donors (Lipinski definition) is 1. The lowest BCUT2D eigenvalue weighted by Gasteiger charge is -2.11. The highest BCUT2D eigenvalue weighted by atomic mass is 16.5. The van der Waals surface area contributed by atoms with Crippen LogP contribution in [0.1, 0.15) is 43.1 Å². The molecule has 0 radical (unpaired) electrons. The zero-order valence-electron chi connectivity index (χ0n) is 18.2. The van der Waals surface area contributed by atoms with Crippen LogP contribution in [0.25, 0.3) is 17.5 Å². The Kier molecular flexibility index (Phi) is 6.98. The van der Waals surface area contributed by atoms with Crippen molar-refractivity contribution in [1.29, 1.82) is 5.26 Å². The van der Waals surface area contributed by atoms with Crippen LogP contribution in [0.4, 0.5) is 0 Å². The Morgan fingerprint density at radius 2 is 2.06 bits per heavy atom. The molecular formula is C23H26N6O2. The minimum absolute atomic E-state index is 0.0259. The van der Waals surface area contributed by atoms with Gasteiger partial charge in [0, 0.05) is 35.9 Å². The summed E-state index contributed by atoms with van der Waals surface area (Å²) in [6.45, 7) is 9.36. The van der Waals surface area contributed by atoms with E-state index >= 15 is 0 Å². The Morgan fingerprint density at radius 3 is 2.74 bits per heavy atom. The smallest absolute Gasteiger partial charge is 0.262 e. The molecule has 1 N–H and O–H groups in total. The maximum Gasteiger partial charge on any atom is 0.262 e. The van der Waals surface area contributed by atoms with E-state index < -0.39 is 5.91 Å². The molecule has 0 fully saturated rings. The molecule has 3 heterocycles. The highest BCUT2D eigenvalue weighted by molar-refractivity contribution is 6.01. The summed E-state index contributed by atoms with van der Waals surface area (Å²) < 4.78 is 7.40. The highest BCUT2D eigenvalue weighted by Gasteiger charge is 2.15. The molecule has 0 aliphatic carbocycles. The fourth-order valence-electron chi connectivity index (χ4n) is 3.21. The second kappa shape index (κ2) is 9.85. The summed E-state index contributed by atoms with van der Waals surface area (Å²) in [5.74, 6) is 0.781. The Morgan fingerprint density at radius 1 is 1.32 bits per heavy atom. The molecule has 31 heavy (non-hydrogen) atoms. The number of nitriles is 1. The first-order chi connectivity index (χ1) is 14.9. The molecule has 1 amide bonds. The SMILES string of the molecule is Cc1cc(/C=C(/C#N)C(=O)NCc2nc(-c3ccncc3)no2)c(C)n1CCC(C)C. The third kappa shape index (κ3) is 5.45. The van der Waals surface area contributed by atoms with Crippen molar-refractivity contribution < 1.29 is 9.32 Å². The molecule has 0 saturated carbocycles. The van der Waals surface area contributed by atoms with E-state index in [1.54, 1.807) is 30.6 Å². The molecule has 0 aliphatic rings. The summed E-state index contributed by atoms with van der Waals surface area (Å²) in [5, 5.41) is 16.1. The van der Waals surface area contributed by atoms with E-state index in [2.05, 4.69) is 38.9 Å². The predicted octanol–water partition coefficient (Wildman–Crippen LogP) is 3.82. The molecule has 3 aromatic heterocycles. The molecule has 0 bridgehead atoms. The van der Waals surface area contributed by atoms with Gasteiger partial charge in [0.05, 0.1) is 6.54 Å². The van der Waals surface area contributed by atoms with E-state index in [1.165, 1.54) is 0 Å². The molecule has 0 aliphatic heterocycles. The zero-order chi connectivity index (χ0) is 22.4. The van der Waals surface area contributed by atoms with Gasteiger partial charge < -0.3 is 14.4 Å². The summed E-state index contributed by atoms with van der Waals surface area (Å²) in [6.07, 6.45) is 5.96. The van der Waals surface area contributed by atoms with Gasteiger partial charge in [-0.2, -0.15) is 10.2 Å². The van der Waals surface area contributed by atoms with Crippen LogP contribution in [0.2, 0.25) is 0 Å². The third-order valence-electron chi connectivity index (χ3n) is 5.01. The molecule has 160 valence electrons. The van der Waals surface area contributed by atoms with Crippen molar-refractivity contribution in [2.45, 2.75) is 47.2 Å². The van der Waals surface area contributed by atoms with Crippen LogP contribution < -0.4 is 5.32 Å². The number of nitrogens with one attached hydrogen (secondary N) is 1. The van der Waals surface area contributed by atoms with Crippen molar-refractivity contribution in [2.24, 2.45) is 5.92 Å². The number of amides is 1. The van der Waals surface area contributed by atoms with Crippen LogP contribution in [0, 0.1) is 31.1 Å². The van der Waals surface area contributed by atoms with Gasteiger partial charge in [-0.1, -0.05) is 19.0 Å². The second-order valence-electron chi connectivity index (χ2n) is 7.76. The van der Waals surface area contributed by atoms with Gasteiger partial charge in [0.25, 0.3) is 5.91 Å². The third-order valence-corrected chi connectivity index (χ3v) is 5.01. The number of pyridine rings is 1. The summed E-state index contributed by atoms with van der Waals surface area (Å²) >= 11 is 0. The number of carbonyl (C=O) groups is 1. The molecule has 3 rings (SSSR count). The minimum Gasteiger partial charge on any atom is -0.349 e. The first kappa shape index (κ1) is 22.0. The van der Waals surface area contributed by atoms with Crippen LogP contribution in [-0.4, -0.2) is 25.6 Å². The quantitative estimate of drug-likeness (QED) is 0.440. The summed E-state index contributed by atoms with van der Waals surface area (Å²) in [4.78, 5) is 20.7. The van der Waals surface area contributed by atoms with Gasteiger partial charge in [-0.05, 0) is 56.0 Å². The lowest BCUT2D eigenvalue weighted by Crippen LogP contribution is -2.24. The molecule has 0 aromatic carbocycles. The van der Waals surface area contributed by atoms with Gasteiger partial charge in [0.1, 0.15) is 11.6 Å². The first-order valence-electron chi connectivity index (χ1n) is 10.2. The molecule has 0 saturated heterocycles. The molecule has 3 aromatic rings. The minimum atomic E-state index is -0.488. The van der Waals surface area contributed by atoms with Crippen molar-refractivity contribution in [3.05, 3.63) is 59.0 Å². The zero-order valence-corrected chi connectivity index (χ0v) is 18.2. The van der Waals surface area contributed by atoms with Gasteiger partial charge in [0.15, 0.2) is 0 Å². The van der Waals surface area contributed by atoms with E-state index in [1.807, 2.05) is 26.0 Å². The number of carbonyl (C=O) groups excluding carboxylic acids is 1. The van der Waals surface area contributed by atoms with Crippen LogP contribution in [0.5, 0.6) is 0 Å².